The number of ether oxygens (including phenoxy) is 1. The second kappa shape index (κ2) is 6.30. The highest BCUT2D eigenvalue weighted by atomic mass is 35.5. The zero-order valence-electron chi connectivity index (χ0n) is 11.7. The van der Waals surface area contributed by atoms with Crippen molar-refractivity contribution in [3.63, 3.8) is 0 Å². The lowest BCUT2D eigenvalue weighted by atomic mass is 10.1. The second-order valence-corrected chi connectivity index (χ2v) is 7.67. The maximum atomic E-state index is 12.0. The third-order valence-corrected chi connectivity index (χ3v) is 5.56. The van der Waals surface area contributed by atoms with Crippen LogP contribution in [-0.2, 0) is 14.8 Å². The Bertz CT molecular complexity index is 615. The monoisotopic (exact) mass is 336 g/mol. The highest BCUT2D eigenvalue weighted by Crippen LogP contribution is 2.18. The zero-order valence-corrected chi connectivity index (χ0v) is 13.2. The molecule has 10 heteroatoms. The molecule has 0 aliphatic carbocycles. The minimum Gasteiger partial charge on any atom is -0.379 e. The summed E-state index contributed by atoms with van der Waals surface area (Å²) in [7, 11) is -0.406. The number of amides is 1. The van der Waals surface area contributed by atoms with Crippen molar-refractivity contribution in [3.05, 3.63) is 16.9 Å². The van der Waals surface area contributed by atoms with E-state index in [1.807, 2.05) is 0 Å². The van der Waals surface area contributed by atoms with Crippen LogP contribution in [0.4, 0.5) is 0 Å². The molecule has 2 atom stereocenters. The third-order valence-electron chi connectivity index (χ3n) is 3.32. The lowest BCUT2D eigenvalue weighted by Crippen LogP contribution is -2.43. The molecular formula is C11H17ClN4O4S. The van der Waals surface area contributed by atoms with E-state index in [4.69, 9.17) is 16.3 Å². The maximum Gasteiger partial charge on any atom is 0.271 e. The van der Waals surface area contributed by atoms with E-state index in [0.29, 0.717) is 0 Å². The molecule has 0 saturated carbocycles. The molecular weight excluding hydrogens is 320 g/mol. The van der Waals surface area contributed by atoms with Gasteiger partial charge in [-0.15, -0.1) is 0 Å². The molecule has 0 radical (unpaired) electrons. The van der Waals surface area contributed by atoms with E-state index in [1.165, 1.54) is 20.3 Å². The van der Waals surface area contributed by atoms with E-state index in [2.05, 4.69) is 15.5 Å². The van der Waals surface area contributed by atoms with E-state index < -0.39 is 15.9 Å². The number of carbonyl (C=O) groups is 1. The Kier molecular flexibility index (Phi) is 4.87. The van der Waals surface area contributed by atoms with Gasteiger partial charge < -0.3 is 10.1 Å². The number of carbonyl (C=O) groups excluding carboxylic acids is 1. The van der Waals surface area contributed by atoms with Crippen molar-refractivity contribution in [3.8, 4) is 0 Å². The molecule has 0 aromatic carbocycles. The van der Waals surface area contributed by atoms with Crippen molar-refractivity contribution in [1.82, 2.24) is 19.8 Å². The largest absolute Gasteiger partial charge is 0.379 e. The van der Waals surface area contributed by atoms with Crippen molar-refractivity contribution in [2.75, 3.05) is 33.1 Å². The first-order chi connectivity index (χ1) is 9.81. The van der Waals surface area contributed by atoms with E-state index >= 15 is 0 Å². The summed E-state index contributed by atoms with van der Waals surface area (Å²) in [5.41, 5.74) is 0.151. The molecule has 1 fully saturated rings. The molecule has 0 unspecified atom stereocenters. The number of aromatic nitrogens is 2. The van der Waals surface area contributed by atoms with Gasteiger partial charge in [-0.1, -0.05) is 11.6 Å². The Labute approximate surface area is 127 Å². The van der Waals surface area contributed by atoms with Crippen LogP contribution in [0.3, 0.4) is 0 Å². The summed E-state index contributed by atoms with van der Waals surface area (Å²) in [6.45, 7) is 0.555. The van der Waals surface area contributed by atoms with Crippen LogP contribution in [-0.4, -0.2) is 67.9 Å². The number of hydrogen-bond acceptors (Lipinski definition) is 5. The van der Waals surface area contributed by atoms with E-state index in [0.717, 1.165) is 4.31 Å². The number of hydrogen-bond donors (Lipinski definition) is 2. The molecule has 21 heavy (non-hydrogen) atoms. The fourth-order valence-corrected chi connectivity index (χ4v) is 3.36. The Morgan fingerprint density at radius 3 is 2.86 bits per heavy atom. The van der Waals surface area contributed by atoms with Gasteiger partial charge in [0.2, 0.25) is 10.0 Å². The summed E-state index contributed by atoms with van der Waals surface area (Å²) >= 11 is 5.82. The van der Waals surface area contributed by atoms with Gasteiger partial charge in [0.25, 0.3) is 5.91 Å². The molecule has 0 bridgehead atoms. The van der Waals surface area contributed by atoms with Crippen LogP contribution in [0.15, 0.2) is 6.20 Å². The topological polar surface area (TPSA) is 104 Å². The summed E-state index contributed by atoms with van der Waals surface area (Å²) in [6.07, 6.45) is 1.33. The summed E-state index contributed by atoms with van der Waals surface area (Å²) in [4.78, 5) is 12.0. The number of rotatable bonds is 5. The second-order valence-electron chi connectivity index (χ2n) is 5.03. The van der Waals surface area contributed by atoms with E-state index in [1.54, 1.807) is 0 Å². The Morgan fingerprint density at radius 1 is 1.57 bits per heavy atom. The predicted molar refractivity (Wildman–Crippen MR) is 76.6 cm³/mol. The van der Waals surface area contributed by atoms with Crippen molar-refractivity contribution in [2.45, 2.75) is 6.04 Å². The van der Waals surface area contributed by atoms with Gasteiger partial charge in [-0.2, -0.15) is 5.10 Å². The van der Waals surface area contributed by atoms with E-state index in [9.17, 15) is 13.2 Å². The van der Waals surface area contributed by atoms with Crippen LogP contribution in [0.5, 0.6) is 0 Å². The first kappa shape index (κ1) is 16.2. The van der Waals surface area contributed by atoms with Gasteiger partial charge in [0, 0.05) is 20.0 Å². The van der Waals surface area contributed by atoms with E-state index in [-0.39, 0.29) is 41.6 Å². The molecule has 2 heterocycles. The van der Waals surface area contributed by atoms with Crippen molar-refractivity contribution in [2.24, 2.45) is 5.92 Å². The normalized spacial score (nSPS) is 22.7. The quantitative estimate of drug-likeness (QED) is 0.768. The van der Waals surface area contributed by atoms with Crippen LogP contribution >= 0.6 is 11.6 Å². The molecule has 118 valence electrons. The van der Waals surface area contributed by atoms with Gasteiger partial charge in [-0.25, -0.2) is 12.7 Å². The van der Waals surface area contributed by atoms with Crippen molar-refractivity contribution >= 4 is 27.5 Å². The maximum absolute atomic E-state index is 12.0. The molecule has 1 amide bonds. The summed E-state index contributed by atoms with van der Waals surface area (Å²) in [6, 6.07) is -0.383. The molecule has 2 rings (SSSR count). The average molecular weight is 337 g/mol. The molecule has 1 aliphatic rings. The Balaban J connectivity index is 2.03. The van der Waals surface area contributed by atoms with Gasteiger partial charge in [0.05, 0.1) is 36.2 Å². The molecule has 1 aromatic rings. The molecule has 0 spiro atoms. The van der Waals surface area contributed by atoms with Gasteiger partial charge >= 0.3 is 0 Å². The predicted octanol–water partition coefficient (Wildman–Crippen LogP) is -0.301. The number of nitrogens with zero attached hydrogens (tertiary/aromatic N) is 2. The standard InChI is InChI=1S/C11H17ClN4O4S/c1-16(2)21(18,19)6-7-4-20-5-9(7)14-11(17)10-8(12)3-13-15-10/h3,7,9H,4-6H2,1-2H3,(H,13,15)(H,14,17)/t7-,9-/m0/s1. The molecule has 1 aliphatic heterocycles. The third kappa shape index (κ3) is 3.73. The van der Waals surface area contributed by atoms with Crippen LogP contribution in [0.2, 0.25) is 5.02 Å². The van der Waals surface area contributed by atoms with Gasteiger partial charge in [0.15, 0.2) is 0 Å². The highest BCUT2D eigenvalue weighted by molar-refractivity contribution is 7.89. The smallest absolute Gasteiger partial charge is 0.271 e. The minimum atomic E-state index is -3.36. The number of sulfonamides is 1. The molecule has 1 saturated heterocycles. The number of nitrogens with one attached hydrogen (secondary N) is 2. The first-order valence-corrected chi connectivity index (χ1v) is 8.27. The lowest BCUT2D eigenvalue weighted by molar-refractivity contribution is 0.0921. The zero-order chi connectivity index (χ0) is 15.6. The molecule has 8 nitrogen and oxygen atoms in total. The van der Waals surface area contributed by atoms with Crippen LogP contribution in [0.25, 0.3) is 0 Å². The first-order valence-electron chi connectivity index (χ1n) is 6.29. The fraction of sp³-hybridized carbons (Fsp3) is 0.636. The highest BCUT2D eigenvalue weighted by Gasteiger charge is 2.34. The SMILES string of the molecule is CN(C)S(=O)(=O)C[C@@H]1COC[C@@H]1NC(=O)c1[nH]ncc1Cl. The Morgan fingerprint density at radius 2 is 2.29 bits per heavy atom. The number of halogens is 1. The minimum absolute atomic E-state index is 0.0817. The van der Waals surface area contributed by atoms with Crippen molar-refractivity contribution in [1.29, 1.82) is 0 Å². The molecule has 2 N–H and O–H groups in total. The van der Waals surface area contributed by atoms with Crippen LogP contribution in [0, 0.1) is 5.92 Å². The number of aromatic amines is 1. The van der Waals surface area contributed by atoms with Crippen LogP contribution in [0.1, 0.15) is 10.5 Å². The fourth-order valence-electron chi connectivity index (χ4n) is 2.01. The van der Waals surface area contributed by atoms with Gasteiger partial charge in [-0.05, 0) is 0 Å². The molecule has 1 aromatic heterocycles. The summed E-state index contributed by atoms with van der Waals surface area (Å²) < 4.78 is 30.3. The average Bonchev–Trinajstić information content (AvgIpc) is 2.98. The van der Waals surface area contributed by atoms with Crippen molar-refractivity contribution < 1.29 is 17.9 Å². The van der Waals surface area contributed by atoms with Gasteiger partial charge in [0.1, 0.15) is 5.69 Å². The Hall–Kier alpha value is -1.16. The number of H-pyrrole nitrogens is 1. The lowest BCUT2D eigenvalue weighted by Gasteiger charge is -2.20. The summed E-state index contributed by atoms with van der Waals surface area (Å²) in [5, 5.41) is 9.11. The summed E-state index contributed by atoms with van der Waals surface area (Å²) in [5.74, 6) is -0.815. The van der Waals surface area contributed by atoms with Gasteiger partial charge in [-0.3, -0.25) is 9.89 Å². The van der Waals surface area contributed by atoms with Crippen LogP contribution < -0.4 is 5.32 Å².